The van der Waals surface area contributed by atoms with Crippen molar-refractivity contribution in [2.75, 3.05) is 14.2 Å². The molecule has 1 heterocycles. The van der Waals surface area contributed by atoms with Crippen molar-refractivity contribution in [3.05, 3.63) is 53.6 Å². The lowest BCUT2D eigenvalue weighted by atomic mass is 9.94. The molecule has 3 rings (SSSR count). The fraction of sp³-hybridized carbons (Fsp3) is 0.188. The molecule has 5 heteroatoms. The summed E-state index contributed by atoms with van der Waals surface area (Å²) in [5.41, 5.74) is 1.71. The second-order valence-corrected chi connectivity index (χ2v) is 4.61. The van der Waals surface area contributed by atoms with Gasteiger partial charge in [-0.15, -0.1) is 0 Å². The van der Waals surface area contributed by atoms with Crippen molar-refractivity contribution in [2.45, 2.75) is 6.04 Å². The average molecular weight is 285 g/mol. The SMILES string of the molecule is COC(=O)N[C@H]1c2ccccc2Oc2ccc(OC)cc21. The molecule has 0 saturated heterocycles. The molecule has 1 amide bonds. The number of benzene rings is 2. The Kier molecular flexibility index (Phi) is 3.39. The van der Waals surface area contributed by atoms with Gasteiger partial charge in [0.25, 0.3) is 0 Å². The maximum Gasteiger partial charge on any atom is 0.407 e. The summed E-state index contributed by atoms with van der Waals surface area (Å²) in [7, 11) is 2.94. The first-order chi connectivity index (χ1) is 10.2. The van der Waals surface area contributed by atoms with Crippen LogP contribution in [0.15, 0.2) is 42.5 Å². The molecule has 5 nitrogen and oxygen atoms in total. The van der Waals surface area contributed by atoms with Crippen molar-refractivity contribution in [3.63, 3.8) is 0 Å². The third-order valence-corrected chi connectivity index (χ3v) is 3.43. The highest BCUT2D eigenvalue weighted by Crippen LogP contribution is 2.43. The topological polar surface area (TPSA) is 56.8 Å². The third-order valence-electron chi connectivity index (χ3n) is 3.43. The Morgan fingerprint density at radius 3 is 2.62 bits per heavy atom. The van der Waals surface area contributed by atoms with E-state index in [4.69, 9.17) is 14.2 Å². The van der Waals surface area contributed by atoms with E-state index in [9.17, 15) is 4.79 Å². The van der Waals surface area contributed by atoms with Gasteiger partial charge in [0.05, 0.1) is 20.3 Å². The maximum atomic E-state index is 11.6. The lowest BCUT2D eigenvalue weighted by Gasteiger charge is -2.28. The Hall–Kier alpha value is -2.69. The second-order valence-electron chi connectivity index (χ2n) is 4.61. The summed E-state index contributed by atoms with van der Waals surface area (Å²) in [6, 6.07) is 12.7. The summed E-state index contributed by atoms with van der Waals surface area (Å²) in [5, 5.41) is 2.84. The van der Waals surface area contributed by atoms with Crippen molar-refractivity contribution in [2.24, 2.45) is 0 Å². The zero-order valence-electron chi connectivity index (χ0n) is 11.8. The molecule has 0 unspecified atom stereocenters. The van der Waals surface area contributed by atoms with Gasteiger partial charge in [0.1, 0.15) is 17.2 Å². The van der Waals surface area contributed by atoms with Crippen molar-refractivity contribution in [3.8, 4) is 17.2 Å². The monoisotopic (exact) mass is 285 g/mol. The van der Waals surface area contributed by atoms with Crippen LogP contribution in [0, 0.1) is 0 Å². The first-order valence-electron chi connectivity index (χ1n) is 6.52. The van der Waals surface area contributed by atoms with E-state index in [1.165, 1.54) is 7.11 Å². The van der Waals surface area contributed by atoms with Crippen LogP contribution in [0.3, 0.4) is 0 Å². The third kappa shape index (κ3) is 2.38. The number of alkyl carbamates (subject to hydrolysis) is 1. The molecule has 1 aliphatic rings. The number of hydrogen-bond donors (Lipinski definition) is 1. The number of nitrogens with one attached hydrogen (secondary N) is 1. The summed E-state index contributed by atoms with van der Waals surface area (Å²) in [6.45, 7) is 0. The highest BCUT2D eigenvalue weighted by Gasteiger charge is 2.29. The van der Waals surface area contributed by atoms with Gasteiger partial charge in [-0.25, -0.2) is 4.79 Å². The van der Waals surface area contributed by atoms with E-state index in [1.54, 1.807) is 7.11 Å². The van der Waals surface area contributed by atoms with Crippen LogP contribution in [0.25, 0.3) is 0 Å². The van der Waals surface area contributed by atoms with Gasteiger partial charge in [0, 0.05) is 11.1 Å². The molecule has 21 heavy (non-hydrogen) atoms. The normalized spacial score (nSPS) is 15.2. The molecular formula is C16H15NO4. The molecule has 0 aromatic heterocycles. The Balaban J connectivity index is 2.10. The van der Waals surface area contributed by atoms with Crippen LogP contribution in [0.2, 0.25) is 0 Å². The number of hydrogen-bond acceptors (Lipinski definition) is 4. The van der Waals surface area contributed by atoms with Gasteiger partial charge < -0.3 is 19.5 Å². The molecule has 0 radical (unpaired) electrons. The van der Waals surface area contributed by atoms with Crippen LogP contribution in [0.5, 0.6) is 17.2 Å². The second kappa shape index (κ2) is 5.36. The highest BCUT2D eigenvalue weighted by molar-refractivity contribution is 5.70. The van der Waals surface area contributed by atoms with Crippen molar-refractivity contribution < 1.29 is 19.0 Å². The lowest BCUT2D eigenvalue weighted by molar-refractivity contribution is 0.167. The minimum absolute atomic E-state index is 0.340. The summed E-state index contributed by atoms with van der Waals surface area (Å²) in [4.78, 5) is 11.6. The highest BCUT2D eigenvalue weighted by atomic mass is 16.5. The van der Waals surface area contributed by atoms with E-state index < -0.39 is 6.09 Å². The van der Waals surface area contributed by atoms with Crippen molar-refractivity contribution >= 4 is 6.09 Å². The van der Waals surface area contributed by atoms with Crippen LogP contribution >= 0.6 is 0 Å². The molecule has 2 aromatic rings. The number of carbonyl (C=O) groups is 1. The molecule has 0 bridgehead atoms. The Bertz CT molecular complexity index is 684. The molecule has 108 valence electrons. The van der Waals surface area contributed by atoms with E-state index in [0.29, 0.717) is 11.5 Å². The molecule has 2 aromatic carbocycles. The molecule has 0 fully saturated rings. The minimum atomic E-state index is -0.495. The average Bonchev–Trinajstić information content (AvgIpc) is 2.54. The fourth-order valence-corrected chi connectivity index (χ4v) is 2.40. The van der Waals surface area contributed by atoms with E-state index >= 15 is 0 Å². The smallest absolute Gasteiger partial charge is 0.407 e. The zero-order chi connectivity index (χ0) is 14.8. The van der Waals surface area contributed by atoms with Crippen molar-refractivity contribution in [1.82, 2.24) is 5.32 Å². The number of ether oxygens (including phenoxy) is 3. The summed E-state index contributed by atoms with van der Waals surface area (Å²) in [6.07, 6.45) is -0.495. The molecular weight excluding hydrogens is 270 g/mol. The van der Waals surface area contributed by atoms with Crippen LogP contribution in [0.4, 0.5) is 4.79 Å². The maximum absolute atomic E-state index is 11.6. The Labute approximate surface area is 122 Å². The van der Waals surface area contributed by atoms with Gasteiger partial charge >= 0.3 is 6.09 Å². The molecule has 0 spiro atoms. The number of rotatable bonds is 2. The summed E-state index contributed by atoms with van der Waals surface area (Å²) >= 11 is 0. The van der Waals surface area contributed by atoms with Gasteiger partial charge in [0.15, 0.2) is 0 Å². The van der Waals surface area contributed by atoms with Crippen molar-refractivity contribution in [1.29, 1.82) is 0 Å². The lowest BCUT2D eigenvalue weighted by Crippen LogP contribution is -2.31. The van der Waals surface area contributed by atoms with Crippen LogP contribution in [-0.2, 0) is 4.74 Å². The number of amides is 1. The van der Waals surface area contributed by atoms with E-state index in [1.807, 2.05) is 42.5 Å². The van der Waals surface area contributed by atoms with Gasteiger partial charge in [-0.1, -0.05) is 18.2 Å². The number of para-hydroxylation sites is 1. The predicted molar refractivity (Wildman–Crippen MR) is 76.9 cm³/mol. The van der Waals surface area contributed by atoms with Crippen LogP contribution in [-0.4, -0.2) is 20.3 Å². The Morgan fingerprint density at radius 1 is 1.10 bits per heavy atom. The molecule has 1 N–H and O–H groups in total. The van der Waals surface area contributed by atoms with E-state index in [0.717, 1.165) is 16.9 Å². The van der Waals surface area contributed by atoms with Gasteiger partial charge in [-0.2, -0.15) is 0 Å². The first kappa shape index (κ1) is 13.3. The predicted octanol–water partition coefficient (Wildman–Crippen LogP) is 3.25. The summed E-state index contributed by atoms with van der Waals surface area (Å²) < 4.78 is 15.8. The molecule has 0 saturated carbocycles. The molecule has 1 aliphatic heterocycles. The standard InChI is InChI=1S/C16H15NO4/c1-19-10-7-8-14-12(9-10)15(17-16(18)20-2)11-5-3-4-6-13(11)21-14/h3-9,15H,1-2H3,(H,17,18)/t15-/m0/s1. The quantitative estimate of drug-likeness (QED) is 0.920. The number of methoxy groups -OCH3 is 2. The van der Waals surface area contributed by atoms with Gasteiger partial charge in [-0.05, 0) is 24.3 Å². The van der Waals surface area contributed by atoms with Crippen LogP contribution in [0.1, 0.15) is 17.2 Å². The first-order valence-corrected chi connectivity index (χ1v) is 6.52. The van der Waals surface area contributed by atoms with Crippen LogP contribution < -0.4 is 14.8 Å². The fourth-order valence-electron chi connectivity index (χ4n) is 2.40. The number of fused-ring (bicyclic) bond motifs is 2. The largest absolute Gasteiger partial charge is 0.497 e. The molecule has 0 aliphatic carbocycles. The van der Waals surface area contributed by atoms with Gasteiger partial charge in [0.2, 0.25) is 0 Å². The van der Waals surface area contributed by atoms with E-state index in [-0.39, 0.29) is 6.04 Å². The molecule has 1 atom stereocenters. The van der Waals surface area contributed by atoms with E-state index in [2.05, 4.69) is 5.32 Å². The minimum Gasteiger partial charge on any atom is -0.497 e. The Morgan fingerprint density at radius 2 is 1.86 bits per heavy atom. The number of carbonyl (C=O) groups excluding carboxylic acids is 1. The van der Waals surface area contributed by atoms with Gasteiger partial charge in [-0.3, -0.25) is 0 Å². The summed E-state index contributed by atoms with van der Waals surface area (Å²) in [5.74, 6) is 2.11. The zero-order valence-corrected chi connectivity index (χ0v) is 11.8.